The molecule has 21 heavy (non-hydrogen) atoms. The van der Waals surface area contributed by atoms with Gasteiger partial charge in [0.1, 0.15) is 0 Å². The second kappa shape index (κ2) is 7.10. The molecular formula is C17H24ClNO2. The monoisotopic (exact) mass is 309 g/mol. The third-order valence-electron chi connectivity index (χ3n) is 4.53. The van der Waals surface area contributed by atoms with Crippen molar-refractivity contribution in [2.75, 3.05) is 26.2 Å². The summed E-state index contributed by atoms with van der Waals surface area (Å²) >= 11 is 5.91. The molecule has 2 aliphatic heterocycles. The van der Waals surface area contributed by atoms with Gasteiger partial charge in [0.15, 0.2) is 6.29 Å². The van der Waals surface area contributed by atoms with Crippen LogP contribution in [-0.2, 0) is 9.47 Å². The molecule has 3 rings (SSSR count). The van der Waals surface area contributed by atoms with Gasteiger partial charge in [0.05, 0.1) is 12.7 Å². The van der Waals surface area contributed by atoms with E-state index in [-0.39, 0.29) is 12.4 Å². The standard InChI is InChI=1S/C17H24ClNO2/c1-2-13-4-3-9-19(10-13)11-16-12-20-17(21-16)14-5-7-15(18)8-6-14/h5-8,13,16-17H,2-4,9-12H2,1H3/t13-,16-,17-/m1/s1. The number of hydrogen-bond donors (Lipinski definition) is 0. The number of benzene rings is 1. The first-order valence-electron chi connectivity index (χ1n) is 7.99. The molecule has 2 aliphatic rings. The molecule has 0 aliphatic carbocycles. The Hall–Kier alpha value is -0.610. The Morgan fingerprint density at radius 1 is 1.29 bits per heavy atom. The molecule has 3 atom stereocenters. The van der Waals surface area contributed by atoms with Crippen molar-refractivity contribution in [1.29, 1.82) is 0 Å². The fraction of sp³-hybridized carbons (Fsp3) is 0.647. The summed E-state index contributed by atoms with van der Waals surface area (Å²) in [5.41, 5.74) is 1.05. The van der Waals surface area contributed by atoms with Crippen LogP contribution in [0, 0.1) is 5.92 Å². The quantitative estimate of drug-likeness (QED) is 0.842. The zero-order valence-corrected chi connectivity index (χ0v) is 13.4. The van der Waals surface area contributed by atoms with Crippen LogP contribution in [0.2, 0.25) is 5.02 Å². The van der Waals surface area contributed by atoms with Crippen LogP contribution in [0.15, 0.2) is 24.3 Å². The summed E-state index contributed by atoms with van der Waals surface area (Å²) < 4.78 is 11.8. The molecule has 1 aromatic rings. The lowest BCUT2D eigenvalue weighted by Crippen LogP contribution is -2.40. The molecule has 3 nitrogen and oxygen atoms in total. The summed E-state index contributed by atoms with van der Waals surface area (Å²) in [6, 6.07) is 7.72. The van der Waals surface area contributed by atoms with Gasteiger partial charge in [-0.25, -0.2) is 0 Å². The fourth-order valence-corrected chi connectivity index (χ4v) is 3.40. The Labute approximate surface area is 132 Å². The summed E-state index contributed by atoms with van der Waals surface area (Å²) in [6.45, 7) is 6.37. The van der Waals surface area contributed by atoms with Gasteiger partial charge in [-0.2, -0.15) is 0 Å². The Kier molecular flexibility index (Phi) is 5.17. The first-order chi connectivity index (χ1) is 10.2. The van der Waals surface area contributed by atoms with E-state index in [1.165, 1.54) is 32.4 Å². The molecule has 0 radical (unpaired) electrons. The van der Waals surface area contributed by atoms with Gasteiger partial charge in [-0.05, 0) is 37.4 Å². The minimum atomic E-state index is -0.237. The van der Waals surface area contributed by atoms with Crippen molar-refractivity contribution in [3.8, 4) is 0 Å². The first-order valence-corrected chi connectivity index (χ1v) is 8.37. The average Bonchev–Trinajstić information content (AvgIpc) is 2.96. The van der Waals surface area contributed by atoms with E-state index in [1.807, 2.05) is 24.3 Å². The molecule has 0 aromatic heterocycles. The van der Waals surface area contributed by atoms with Crippen molar-refractivity contribution in [1.82, 2.24) is 4.90 Å². The van der Waals surface area contributed by atoms with E-state index in [4.69, 9.17) is 21.1 Å². The lowest BCUT2D eigenvalue weighted by atomic mass is 9.95. The maximum atomic E-state index is 6.05. The normalized spacial score (nSPS) is 30.7. The lowest BCUT2D eigenvalue weighted by Gasteiger charge is -2.33. The van der Waals surface area contributed by atoms with Crippen LogP contribution < -0.4 is 0 Å². The molecule has 0 bridgehead atoms. The van der Waals surface area contributed by atoms with Crippen LogP contribution in [0.1, 0.15) is 38.0 Å². The highest BCUT2D eigenvalue weighted by atomic mass is 35.5. The van der Waals surface area contributed by atoms with Crippen molar-refractivity contribution in [3.63, 3.8) is 0 Å². The predicted molar refractivity (Wildman–Crippen MR) is 84.5 cm³/mol. The third kappa shape index (κ3) is 3.98. The van der Waals surface area contributed by atoms with Crippen molar-refractivity contribution >= 4 is 11.6 Å². The van der Waals surface area contributed by atoms with Gasteiger partial charge in [0.2, 0.25) is 0 Å². The van der Waals surface area contributed by atoms with E-state index in [0.717, 1.165) is 23.0 Å². The third-order valence-corrected chi connectivity index (χ3v) is 4.79. The molecular weight excluding hydrogens is 286 g/mol. The maximum absolute atomic E-state index is 6.05. The molecule has 2 saturated heterocycles. The summed E-state index contributed by atoms with van der Waals surface area (Å²) in [7, 11) is 0. The number of ether oxygens (including phenoxy) is 2. The van der Waals surface area contributed by atoms with Crippen molar-refractivity contribution in [3.05, 3.63) is 34.9 Å². The van der Waals surface area contributed by atoms with E-state index in [1.54, 1.807) is 0 Å². The number of nitrogens with zero attached hydrogens (tertiary/aromatic N) is 1. The Morgan fingerprint density at radius 2 is 2.10 bits per heavy atom. The molecule has 1 aromatic carbocycles. The predicted octanol–water partition coefficient (Wildman–Crippen LogP) is 3.88. The molecule has 2 heterocycles. The summed E-state index contributed by atoms with van der Waals surface area (Å²) in [4.78, 5) is 2.54. The summed E-state index contributed by atoms with van der Waals surface area (Å²) in [5, 5.41) is 0.743. The van der Waals surface area contributed by atoms with Crippen LogP contribution in [0.25, 0.3) is 0 Å². The van der Waals surface area contributed by atoms with Gasteiger partial charge in [0, 0.05) is 23.7 Å². The Balaban J connectivity index is 1.51. The van der Waals surface area contributed by atoms with Crippen LogP contribution in [0.4, 0.5) is 0 Å². The molecule has 0 amide bonds. The minimum absolute atomic E-state index is 0.182. The summed E-state index contributed by atoms with van der Waals surface area (Å²) in [5.74, 6) is 0.855. The van der Waals surface area contributed by atoms with Crippen molar-refractivity contribution in [2.45, 2.75) is 38.6 Å². The van der Waals surface area contributed by atoms with E-state index in [9.17, 15) is 0 Å². The van der Waals surface area contributed by atoms with Gasteiger partial charge in [-0.3, -0.25) is 0 Å². The van der Waals surface area contributed by atoms with Gasteiger partial charge >= 0.3 is 0 Å². The first kappa shape index (κ1) is 15.3. The second-order valence-electron chi connectivity index (χ2n) is 6.15. The number of likely N-dealkylation sites (tertiary alicyclic amines) is 1. The zero-order chi connectivity index (χ0) is 14.7. The van der Waals surface area contributed by atoms with Crippen LogP contribution >= 0.6 is 11.6 Å². The highest BCUT2D eigenvalue weighted by molar-refractivity contribution is 6.30. The largest absolute Gasteiger partial charge is 0.346 e. The SMILES string of the molecule is CC[C@@H]1CCCN(C[C@@H]2CO[C@@H](c3ccc(Cl)cc3)O2)C1. The maximum Gasteiger partial charge on any atom is 0.184 e. The number of piperidine rings is 1. The zero-order valence-electron chi connectivity index (χ0n) is 12.6. The molecule has 0 spiro atoms. The topological polar surface area (TPSA) is 21.7 Å². The van der Waals surface area contributed by atoms with E-state index in [0.29, 0.717) is 6.61 Å². The smallest absolute Gasteiger partial charge is 0.184 e. The highest BCUT2D eigenvalue weighted by Crippen LogP contribution is 2.29. The van der Waals surface area contributed by atoms with Gasteiger partial charge in [-0.1, -0.05) is 37.1 Å². The van der Waals surface area contributed by atoms with Gasteiger partial charge in [-0.15, -0.1) is 0 Å². The van der Waals surface area contributed by atoms with Crippen molar-refractivity contribution < 1.29 is 9.47 Å². The fourth-order valence-electron chi connectivity index (χ4n) is 3.28. The highest BCUT2D eigenvalue weighted by Gasteiger charge is 2.30. The molecule has 2 fully saturated rings. The van der Waals surface area contributed by atoms with Crippen LogP contribution in [0.5, 0.6) is 0 Å². The lowest BCUT2D eigenvalue weighted by molar-refractivity contribution is -0.0656. The molecule has 116 valence electrons. The van der Waals surface area contributed by atoms with Gasteiger partial charge in [0.25, 0.3) is 0 Å². The second-order valence-corrected chi connectivity index (χ2v) is 6.59. The molecule has 0 unspecified atom stereocenters. The van der Waals surface area contributed by atoms with Gasteiger partial charge < -0.3 is 14.4 Å². The van der Waals surface area contributed by atoms with Crippen LogP contribution in [-0.4, -0.2) is 37.2 Å². The minimum Gasteiger partial charge on any atom is -0.346 e. The number of rotatable bonds is 4. The molecule has 4 heteroatoms. The number of halogens is 1. The van der Waals surface area contributed by atoms with E-state index in [2.05, 4.69) is 11.8 Å². The molecule has 0 saturated carbocycles. The Morgan fingerprint density at radius 3 is 2.86 bits per heavy atom. The number of hydrogen-bond acceptors (Lipinski definition) is 3. The molecule has 0 N–H and O–H groups in total. The average molecular weight is 310 g/mol. The van der Waals surface area contributed by atoms with E-state index >= 15 is 0 Å². The van der Waals surface area contributed by atoms with Crippen LogP contribution in [0.3, 0.4) is 0 Å². The summed E-state index contributed by atoms with van der Waals surface area (Å²) in [6.07, 6.45) is 3.92. The van der Waals surface area contributed by atoms with E-state index < -0.39 is 0 Å². The Bertz CT molecular complexity index is 451. The van der Waals surface area contributed by atoms with Crippen molar-refractivity contribution in [2.24, 2.45) is 5.92 Å².